The van der Waals surface area contributed by atoms with Gasteiger partial charge in [-0.05, 0) is 23.8 Å². The second-order valence-electron chi connectivity index (χ2n) is 5.14. The van der Waals surface area contributed by atoms with Crippen LogP contribution in [0.5, 0.6) is 11.5 Å². The number of nitrogens with zero attached hydrogens (tertiary/aromatic N) is 2. The fraction of sp³-hybridized carbons (Fsp3) is 0.167. The number of pyridine rings is 1. The molecule has 0 atom stereocenters. The van der Waals surface area contributed by atoms with Gasteiger partial charge in [-0.1, -0.05) is 12.1 Å². The molecule has 2 aromatic heterocycles. The van der Waals surface area contributed by atoms with E-state index in [0.29, 0.717) is 23.9 Å². The molecule has 25 heavy (non-hydrogen) atoms. The molecular formula is C18H17N3O4. The van der Waals surface area contributed by atoms with Crippen LogP contribution in [0, 0.1) is 0 Å². The number of carbonyl (C=O) groups is 1. The van der Waals surface area contributed by atoms with Crippen molar-refractivity contribution in [1.82, 2.24) is 15.3 Å². The maximum Gasteiger partial charge on any atom is 0.273 e. The monoisotopic (exact) mass is 339 g/mol. The average molecular weight is 339 g/mol. The maximum absolute atomic E-state index is 12.1. The molecule has 7 nitrogen and oxygen atoms in total. The number of amides is 1. The Balaban J connectivity index is 1.53. The summed E-state index contributed by atoms with van der Waals surface area (Å²) in [6.45, 7) is 0.484. The minimum absolute atomic E-state index is 0.114. The van der Waals surface area contributed by atoms with E-state index in [1.54, 1.807) is 31.6 Å². The van der Waals surface area contributed by atoms with Crippen molar-refractivity contribution in [2.24, 2.45) is 0 Å². The number of benzene rings is 1. The van der Waals surface area contributed by atoms with E-state index < -0.39 is 0 Å². The van der Waals surface area contributed by atoms with Gasteiger partial charge in [-0.25, -0.2) is 4.98 Å². The van der Waals surface area contributed by atoms with Gasteiger partial charge in [0.05, 0.1) is 7.11 Å². The molecule has 3 rings (SSSR count). The highest BCUT2D eigenvalue weighted by Crippen LogP contribution is 2.19. The first-order valence-corrected chi connectivity index (χ1v) is 7.63. The number of methoxy groups -OCH3 is 1. The lowest BCUT2D eigenvalue weighted by molar-refractivity contribution is 0.0946. The normalized spacial score (nSPS) is 10.3. The van der Waals surface area contributed by atoms with Crippen LogP contribution in [0.2, 0.25) is 0 Å². The Morgan fingerprint density at radius 1 is 1.24 bits per heavy atom. The molecule has 0 spiro atoms. The SMILES string of the molecule is COc1cccc(OCc2nc(C(=O)NCc3cccnc3)co2)c1. The molecule has 0 radical (unpaired) electrons. The summed E-state index contributed by atoms with van der Waals surface area (Å²) in [4.78, 5) is 20.2. The van der Waals surface area contributed by atoms with Crippen LogP contribution in [0.15, 0.2) is 59.5 Å². The molecule has 0 saturated carbocycles. The van der Waals surface area contributed by atoms with Gasteiger partial charge in [-0.2, -0.15) is 0 Å². The smallest absolute Gasteiger partial charge is 0.273 e. The summed E-state index contributed by atoms with van der Waals surface area (Å²) in [5, 5.41) is 2.76. The number of rotatable bonds is 7. The Morgan fingerprint density at radius 2 is 2.12 bits per heavy atom. The second kappa shape index (κ2) is 7.96. The predicted molar refractivity (Wildman–Crippen MR) is 89.2 cm³/mol. The van der Waals surface area contributed by atoms with Crippen molar-refractivity contribution in [1.29, 1.82) is 0 Å². The van der Waals surface area contributed by atoms with Crippen LogP contribution in [-0.2, 0) is 13.2 Å². The van der Waals surface area contributed by atoms with Crippen molar-refractivity contribution in [3.8, 4) is 11.5 Å². The van der Waals surface area contributed by atoms with Crippen molar-refractivity contribution in [2.75, 3.05) is 7.11 Å². The molecule has 0 aliphatic carbocycles. The van der Waals surface area contributed by atoms with Gasteiger partial charge in [0.15, 0.2) is 12.3 Å². The van der Waals surface area contributed by atoms with Gasteiger partial charge in [-0.15, -0.1) is 0 Å². The zero-order valence-corrected chi connectivity index (χ0v) is 13.6. The maximum atomic E-state index is 12.1. The highest BCUT2D eigenvalue weighted by Gasteiger charge is 2.12. The molecule has 1 amide bonds. The summed E-state index contributed by atoms with van der Waals surface area (Å²) in [6.07, 6.45) is 4.68. The van der Waals surface area contributed by atoms with Crippen LogP contribution in [0.25, 0.3) is 0 Å². The molecule has 3 aromatic rings. The van der Waals surface area contributed by atoms with E-state index in [1.165, 1.54) is 6.26 Å². The number of hydrogen-bond acceptors (Lipinski definition) is 6. The Hall–Kier alpha value is -3.35. The number of nitrogens with one attached hydrogen (secondary N) is 1. The highest BCUT2D eigenvalue weighted by atomic mass is 16.5. The van der Waals surface area contributed by atoms with E-state index in [0.717, 1.165) is 5.56 Å². The molecule has 0 aliphatic rings. The quantitative estimate of drug-likeness (QED) is 0.712. The second-order valence-corrected chi connectivity index (χ2v) is 5.14. The Morgan fingerprint density at radius 3 is 2.92 bits per heavy atom. The van der Waals surface area contributed by atoms with Crippen LogP contribution in [0.1, 0.15) is 21.9 Å². The Labute approximate surface area is 144 Å². The zero-order chi connectivity index (χ0) is 17.5. The molecule has 2 heterocycles. The first-order chi connectivity index (χ1) is 12.2. The third-order valence-corrected chi connectivity index (χ3v) is 3.36. The number of ether oxygens (including phenoxy) is 2. The van der Waals surface area contributed by atoms with Gasteiger partial charge in [-0.3, -0.25) is 9.78 Å². The van der Waals surface area contributed by atoms with E-state index in [2.05, 4.69) is 15.3 Å². The van der Waals surface area contributed by atoms with Gasteiger partial charge in [0.25, 0.3) is 5.91 Å². The van der Waals surface area contributed by atoms with E-state index in [9.17, 15) is 4.79 Å². The first-order valence-electron chi connectivity index (χ1n) is 7.63. The number of hydrogen-bond donors (Lipinski definition) is 1. The van der Waals surface area contributed by atoms with Gasteiger partial charge in [0.1, 0.15) is 17.8 Å². The van der Waals surface area contributed by atoms with Crippen LogP contribution >= 0.6 is 0 Å². The lowest BCUT2D eigenvalue weighted by atomic mass is 10.3. The zero-order valence-electron chi connectivity index (χ0n) is 13.6. The summed E-state index contributed by atoms with van der Waals surface area (Å²) in [7, 11) is 1.59. The summed E-state index contributed by atoms with van der Waals surface area (Å²) in [5.41, 5.74) is 1.11. The van der Waals surface area contributed by atoms with Crippen molar-refractivity contribution in [2.45, 2.75) is 13.2 Å². The minimum atomic E-state index is -0.319. The van der Waals surface area contributed by atoms with Crippen molar-refractivity contribution < 1.29 is 18.7 Å². The topological polar surface area (TPSA) is 86.5 Å². The summed E-state index contributed by atoms with van der Waals surface area (Å²) >= 11 is 0. The fourth-order valence-corrected chi connectivity index (χ4v) is 2.09. The number of aromatic nitrogens is 2. The Kier molecular flexibility index (Phi) is 5.26. The summed E-state index contributed by atoms with van der Waals surface area (Å²) in [6, 6.07) is 10.9. The molecule has 0 aliphatic heterocycles. The van der Waals surface area contributed by atoms with Crippen LogP contribution in [0.3, 0.4) is 0 Å². The van der Waals surface area contributed by atoms with Crippen molar-refractivity contribution in [3.63, 3.8) is 0 Å². The average Bonchev–Trinajstić information content (AvgIpc) is 3.14. The number of oxazole rings is 1. The minimum Gasteiger partial charge on any atom is -0.497 e. The molecule has 1 aromatic carbocycles. The molecule has 128 valence electrons. The van der Waals surface area contributed by atoms with Gasteiger partial charge < -0.3 is 19.2 Å². The summed E-state index contributed by atoms with van der Waals surface area (Å²) < 4.78 is 16.0. The fourth-order valence-electron chi connectivity index (χ4n) is 2.09. The first kappa shape index (κ1) is 16.5. The molecule has 0 fully saturated rings. The third-order valence-electron chi connectivity index (χ3n) is 3.36. The third kappa shape index (κ3) is 4.57. The van der Waals surface area contributed by atoms with E-state index in [1.807, 2.05) is 24.3 Å². The molecule has 0 unspecified atom stereocenters. The molecule has 7 heteroatoms. The summed E-state index contributed by atoms with van der Waals surface area (Å²) in [5.74, 6) is 1.31. The highest BCUT2D eigenvalue weighted by molar-refractivity contribution is 5.91. The van der Waals surface area contributed by atoms with Crippen LogP contribution < -0.4 is 14.8 Å². The molecule has 1 N–H and O–H groups in total. The van der Waals surface area contributed by atoms with Gasteiger partial charge in [0.2, 0.25) is 5.89 Å². The van der Waals surface area contributed by atoms with Gasteiger partial charge in [0, 0.05) is 25.0 Å². The largest absolute Gasteiger partial charge is 0.497 e. The molecule has 0 bridgehead atoms. The van der Waals surface area contributed by atoms with E-state index in [-0.39, 0.29) is 18.2 Å². The van der Waals surface area contributed by atoms with E-state index in [4.69, 9.17) is 13.9 Å². The van der Waals surface area contributed by atoms with Crippen molar-refractivity contribution in [3.05, 3.63) is 72.2 Å². The predicted octanol–water partition coefficient (Wildman–Crippen LogP) is 2.59. The van der Waals surface area contributed by atoms with Gasteiger partial charge >= 0.3 is 0 Å². The van der Waals surface area contributed by atoms with Crippen LogP contribution in [-0.4, -0.2) is 23.0 Å². The molecular weight excluding hydrogens is 322 g/mol. The standard InChI is InChI=1S/C18H17N3O4/c1-23-14-5-2-6-15(8-14)24-12-17-21-16(11-25-17)18(22)20-10-13-4-3-7-19-9-13/h2-9,11H,10,12H2,1H3,(H,20,22). The lowest BCUT2D eigenvalue weighted by Crippen LogP contribution is -2.23. The molecule has 0 saturated heterocycles. The van der Waals surface area contributed by atoms with Crippen LogP contribution in [0.4, 0.5) is 0 Å². The number of carbonyl (C=O) groups excluding carboxylic acids is 1. The lowest BCUT2D eigenvalue weighted by Gasteiger charge is -2.05. The Bertz CT molecular complexity index is 833. The van der Waals surface area contributed by atoms with E-state index >= 15 is 0 Å². The van der Waals surface area contributed by atoms with Crippen molar-refractivity contribution >= 4 is 5.91 Å².